The van der Waals surface area contributed by atoms with E-state index in [9.17, 15) is 8.42 Å². The molecule has 1 aromatic carbocycles. The molecule has 1 fully saturated rings. The fourth-order valence-corrected chi connectivity index (χ4v) is 4.27. The SMILES string of the molecule is O=S(=O)(c1ccc2c(c1)OCCCO2)N1CCCCCC1. The predicted octanol–water partition coefficient (Wildman–Crippen LogP) is 2.41. The van der Waals surface area contributed by atoms with Gasteiger partial charge in [-0.3, -0.25) is 0 Å². The van der Waals surface area contributed by atoms with Crippen molar-refractivity contribution < 1.29 is 17.9 Å². The molecule has 0 bridgehead atoms. The van der Waals surface area contributed by atoms with Crippen molar-refractivity contribution in [3.05, 3.63) is 18.2 Å². The van der Waals surface area contributed by atoms with Gasteiger partial charge in [0.2, 0.25) is 10.0 Å². The van der Waals surface area contributed by atoms with Crippen molar-refractivity contribution >= 4 is 10.0 Å². The normalized spacial score (nSPS) is 20.6. The van der Waals surface area contributed by atoms with Crippen molar-refractivity contribution in [3.63, 3.8) is 0 Å². The van der Waals surface area contributed by atoms with Crippen molar-refractivity contribution in [3.8, 4) is 11.5 Å². The summed E-state index contributed by atoms with van der Waals surface area (Å²) in [6, 6.07) is 4.92. The molecule has 1 saturated heterocycles. The highest BCUT2D eigenvalue weighted by Gasteiger charge is 2.26. The molecular weight excluding hydrogens is 290 g/mol. The van der Waals surface area contributed by atoms with E-state index in [2.05, 4.69) is 0 Å². The Morgan fingerprint density at radius 3 is 2.24 bits per heavy atom. The van der Waals surface area contributed by atoms with Crippen molar-refractivity contribution in [1.29, 1.82) is 0 Å². The van der Waals surface area contributed by atoms with Gasteiger partial charge < -0.3 is 9.47 Å². The second-order valence-corrected chi connectivity index (χ2v) is 7.42. The Kier molecular flexibility index (Phi) is 4.35. The van der Waals surface area contributed by atoms with Gasteiger partial charge in [-0.15, -0.1) is 0 Å². The standard InChI is InChI=1S/C15H21NO4S/c17-21(18,16-8-3-1-2-4-9-16)13-6-7-14-15(12-13)20-11-5-10-19-14/h6-7,12H,1-5,8-11H2. The molecule has 0 atom stereocenters. The van der Waals surface area contributed by atoms with Crippen LogP contribution in [0.25, 0.3) is 0 Å². The van der Waals surface area contributed by atoms with E-state index in [4.69, 9.17) is 9.47 Å². The highest BCUT2D eigenvalue weighted by atomic mass is 32.2. The van der Waals surface area contributed by atoms with Crippen LogP contribution < -0.4 is 9.47 Å². The third kappa shape index (κ3) is 3.16. The van der Waals surface area contributed by atoms with Gasteiger partial charge in [-0.2, -0.15) is 4.31 Å². The molecule has 0 N–H and O–H groups in total. The van der Waals surface area contributed by atoms with E-state index < -0.39 is 10.0 Å². The lowest BCUT2D eigenvalue weighted by molar-refractivity contribution is 0.296. The Morgan fingerprint density at radius 1 is 0.857 bits per heavy atom. The molecule has 0 aliphatic carbocycles. The van der Waals surface area contributed by atoms with Gasteiger partial charge in [0.05, 0.1) is 18.1 Å². The molecule has 0 radical (unpaired) electrons. The summed E-state index contributed by atoms with van der Waals surface area (Å²) in [5, 5.41) is 0. The highest BCUT2D eigenvalue weighted by molar-refractivity contribution is 7.89. The topological polar surface area (TPSA) is 55.8 Å². The Labute approximate surface area is 125 Å². The quantitative estimate of drug-likeness (QED) is 0.841. The fraction of sp³-hybridized carbons (Fsp3) is 0.600. The van der Waals surface area contributed by atoms with Crippen LogP contribution in [-0.4, -0.2) is 39.0 Å². The van der Waals surface area contributed by atoms with Gasteiger partial charge >= 0.3 is 0 Å². The van der Waals surface area contributed by atoms with Crippen LogP contribution in [0.3, 0.4) is 0 Å². The number of rotatable bonds is 2. The third-order valence-corrected chi connectivity index (χ3v) is 5.82. The van der Waals surface area contributed by atoms with Crippen LogP contribution >= 0.6 is 0 Å². The molecule has 0 aromatic heterocycles. The van der Waals surface area contributed by atoms with Crippen LogP contribution in [0.4, 0.5) is 0 Å². The van der Waals surface area contributed by atoms with Gasteiger partial charge in [-0.1, -0.05) is 12.8 Å². The van der Waals surface area contributed by atoms with E-state index in [1.54, 1.807) is 22.5 Å². The first-order valence-electron chi connectivity index (χ1n) is 7.58. The highest BCUT2D eigenvalue weighted by Crippen LogP contribution is 2.33. The molecule has 2 aliphatic rings. The number of hydrogen-bond acceptors (Lipinski definition) is 4. The lowest BCUT2D eigenvalue weighted by Crippen LogP contribution is -2.31. The van der Waals surface area contributed by atoms with Crippen LogP contribution in [0.15, 0.2) is 23.1 Å². The zero-order valence-corrected chi connectivity index (χ0v) is 12.9. The first-order valence-corrected chi connectivity index (χ1v) is 9.02. The van der Waals surface area contributed by atoms with Gasteiger partial charge in [0.1, 0.15) is 0 Å². The first kappa shape index (κ1) is 14.7. The average Bonchev–Trinajstić information content (AvgIpc) is 2.89. The smallest absolute Gasteiger partial charge is 0.243 e. The molecule has 2 aliphatic heterocycles. The summed E-state index contributed by atoms with van der Waals surface area (Å²) in [7, 11) is -3.43. The molecule has 0 unspecified atom stereocenters. The molecule has 21 heavy (non-hydrogen) atoms. The van der Waals surface area contributed by atoms with Gasteiger partial charge in [-0.05, 0) is 25.0 Å². The number of sulfonamides is 1. The van der Waals surface area contributed by atoms with E-state index in [0.717, 1.165) is 32.1 Å². The molecule has 5 nitrogen and oxygen atoms in total. The van der Waals surface area contributed by atoms with Crippen molar-refractivity contribution in [2.24, 2.45) is 0 Å². The summed E-state index contributed by atoms with van der Waals surface area (Å²) in [6.07, 6.45) is 4.89. The van der Waals surface area contributed by atoms with Crippen LogP contribution in [0.2, 0.25) is 0 Å². The monoisotopic (exact) mass is 311 g/mol. The predicted molar refractivity (Wildman–Crippen MR) is 79.3 cm³/mol. The van der Waals surface area contributed by atoms with Crippen LogP contribution in [0.5, 0.6) is 11.5 Å². The second kappa shape index (κ2) is 6.23. The molecular formula is C15H21NO4S. The molecule has 116 valence electrons. The lowest BCUT2D eigenvalue weighted by atomic mass is 10.2. The second-order valence-electron chi connectivity index (χ2n) is 5.48. The van der Waals surface area contributed by atoms with E-state index in [-0.39, 0.29) is 0 Å². The van der Waals surface area contributed by atoms with E-state index in [1.165, 1.54) is 0 Å². The summed E-state index contributed by atoms with van der Waals surface area (Å²) in [4.78, 5) is 0.300. The Hall–Kier alpha value is -1.27. The summed E-state index contributed by atoms with van der Waals surface area (Å²) < 4.78 is 38.2. The average molecular weight is 311 g/mol. The molecule has 6 heteroatoms. The van der Waals surface area contributed by atoms with Crippen molar-refractivity contribution in [1.82, 2.24) is 4.31 Å². The van der Waals surface area contributed by atoms with Crippen LogP contribution in [-0.2, 0) is 10.0 Å². The van der Waals surface area contributed by atoms with E-state index in [1.807, 2.05) is 0 Å². The molecule has 0 saturated carbocycles. The summed E-state index contributed by atoms with van der Waals surface area (Å²) in [5.41, 5.74) is 0. The maximum Gasteiger partial charge on any atom is 0.243 e. The number of ether oxygens (including phenoxy) is 2. The van der Waals surface area contributed by atoms with E-state index in [0.29, 0.717) is 42.7 Å². The Balaban J connectivity index is 1.89. The minimum atomic E-state index is -3.43. The minimum Gasteiger partial charge on any atom is -0.490 e. The van der Waals surface area contributed by atoms with Crippen LogP contribution in [0.1, 0.15) is 32.1 Å². The fourth-order valence-electron chi connectivity index (χ4n) is 2.74. The Bertz CT molecular complexity index is 592. The molecule has 0 spiro atoms. The number of benzene rings is 1. The summed E-state index contributed by atoms with van der Waals surface area (Å²) >= 11 is 0. The van der Waals surface area contributed by atoms with Gasteiger partial charge in [-0.25, -0.2) is 8.42 Å². The zero-order valence-electron chi connectivity index (χ0n) is 12.1. The first-order chi connectivity index (χ1) is 10.2. The van der Waals surface area contributed by atoms with Crippen molar-refractivity contribution in [2.45, 2.75) is 37.0 Å². The maximum atomic E-state index is 12.7. The zero-order chi connectivity index (χ0) is 14.7. The number of nitrogens with zero attached hydrogens (tertiary/aromatic N) is 1. The summed E-state index contributed by atoms with van der Waals surface area (Å²) in [6.45, 7) is 2.37. The lowest BCUT2D eigenvalue weighted by Gasteiger charge is -2.20. The molecule has 2 heterocycles. The van der Waals surface area contributed by atoms with Crippen molar-refractivity contribution in [2.75, 3.05) is 26.3 Å². The maximum absolute atomic E-state index is 12.7. The Morgan fingerprint density at radius 2 is 1.52 bits per heavy atom. The third-order valence-electron chi connectivity index (χ3n) is 3.92. The van der Waals surface area contributed by atoms with Gasteiger partial charge in [0, 0.05) is 25.6 Å². The molecule has 0 amide bonds. The molecule has 3 rings (SSSR count). The molecule has 1 aromatic rings. The van der Waals surface area contributed by atoms with Gasteiger partial charge in [0.25, 0.3) is 0 Å². The number of hydrogen-bond donors (Lipinski definition) is 0. The van der Waals surface area contributed by atoms with Gasteiger partial charge in [0.15, 0.2) is 11.5 Å². The number of fused-ring (bicyclic) bond motifs is 1. The van der Waals surface area contributed by atoms with Crippen LogP contribution in [0, 0.1) is 0 Å². The summed E-state index contributed by atoms with van der Waals surface area (Å²) in [5.74, 6) is 1.16. The minimum absolute atomic E-state index is 0.300. The van der Waals surface area contributed by atoms with E-state index >= 15 is 0 Å². The largest absolute Gasteiger partial charge is 0.490 e.